The monoisotopic (exact) mass is 1070 g/mol. The van der Waals surface area contributed by atoms with Crippen LogP contribution >= 0.6 is 0 Å². The molecule has 0 saturated carbocycles. The molecule has 0 aliphatic carbocycles. The molecule has 8 aromatic carbocycles. The molecular formula is C80H112. The van der Waals surface area contributed by atoms with Crippen LogP contribution in [0, 0.1) is 55.4 Å². The van der Waals surface area contributed by atoms with Gasteiger partial charge < -0.3 is 0 Å². The highest BCUT2D eigenvalue weighted by Gasteiger charge is 2.01. The van der Waals surface area contributed by atoms with E-state index in [1.807, 2.05) is 0 Å². The van der Waals surface area contributed by atoms with Gasteiger partial charge in [0.05, 0.1) is 0 Å². The third-order valence-corrected chi connectivity index (χ3v) is 14.0. The number of hydrogen-bond donors (Lipinski definition) is 0. The summed E-state index contributed by atoms with van der Waals surface area (Å²) < 4.78 is 0. The quantitative estimate of drug-likeness (QED) is 0.142. The topological polar surface area (TPSA) is 0 Å². The van der Waals surface area contributed by atoms with Crippen molar-refractivity contribution in [2.45, 2.75) is 214 Å². The van der Waals surface area contributed by atoms with Crippen molar-refractivity contribution in [2.24, 2.45) is 0 Å². The zero-order valence-corrected chi connectivity index (χ0v) is 55.1. The van der Waals surface area contributed by atoms with Gasteiger partial charge >= 0.3 is 0 Å². The SMILES string of the molecule is Cc1ccc(C(C)C)cc1.Cc1ccc(C(C)C)cc1.Cc1ccc(C(C)C)cc1.Cc1ccc(C(C)C)cc1.Cc1ccc(C(C)C)cc1.Cc1ccc(C(C)C)cc1.Cc1ccc(C(C)C)cc1.Cc1ccc(C(C)C)cc1. The highest BCUT2D eigenvalue weighted by atomic mass is 14.1. The van der Waals surface area contributed by atoms with Crippen LogP contribution in [0.2, 0.25) is 0 Å². The van der Waals surface area contributed by atoms with Crippen molar-refractivity contribution in [3.63, 3.8) is 0 Å². The maximum atomic E-state index is 2.21. The minimum absolute atomic E-state index is 0.653. The number of rotatable bonds is 8. The standard InChI is InChI=1S/8C10H14/c8*1-8(2)10-6-4-9(3)5-7-10/h8*4-8H,1-3H3. The molecule has 0 saturated heterocycles. The van der Waals surface area contributed by atoms with Crippen LogP contribution in [0.1, 0.15) is 247 Å². The van der Waals surface area contributed by atoms with Gasteiger partial charge in [0.25, 0.3) is 0 Å². The summed E-state index contributed by atoms with van der Waals surface area (Å²) in [5.41, 5.74) is 22.1. The van der Waals surface area contributed by atoms with Crippen LogP contribution < -0.4 is 0 Å². The minimum Gasteiger partial charge on any atom is -0.0590 e. The maximum absolute atomic E-state index is 2.21. The van der Waals surface area contributed by atoms with E-state index in [-0.39, 0.29) is 0 Å². The lowest BCUT2D eigenvalue weighted by Gasteiger charge is -2.03. The maximum Gasteiger partial charge on any atom is -0.0219 e. The number of aryl methyl sites for hydroxylation is 8. The molecule has 0 spiro atoms. The molecule has 0 unspecified atom stereocenters. The molecule has 0 nitrogen and oxygen atoms in total. The summed E-state index contributed by atoms with van der Waals surface area (Å²) >= 11 is 0. The molecule has 0 bridgehead atoms. The summed E-state index contributed by atoms with van der Waals surface area (Å²) in [6.07, 6.45) is 0. The lowest BCUT2D eigenvalue weighted by molar-refractivity contribution is 0.866. The fraction of sp³-hybridized carbons (Fsp3) is 0.400. The Balaban J connectivity index is 0.000000457. The van der Waals surface area contributed by atoms with Gasteiger partial charge in [-0.1, -0.05) is 349 Å². The van der Waals surface area contributed by atoms with Crippen LogP contribution in [0.3, 0.4) is 0 Å². The molecule has 0 aliphatic heterocycles. The van der Waals surface area contributed by atoms with Crippen molar-refractivity contribution in [1.82, 2.24) is 0 Å². The van der Waals surface area contributed by atoms with Gasteiger partial charge in [-0.3, -0.25) is 0 Å². The molecule has 0 N–H and O–H groups in total. The first-order valence-electron chi connectivity index (χ1n) is 30.1. The smallest absolute Gasteiger partial charge is 0.0219 e. The molecule has 0 radical (unpaired) electrons. The summed E-state index contributed by atoms with van der Waals surface area (Å²) in [7, 11) is 0. The fourth-order valence-electron chi connectivity index (χ4n) is 7.61. The van der Waals surface area contributed by atoms with Crippen molar-refractivity contribution in [2.75, 3.05) is 0 Å². The minimum atomic E-state index is 0.653. The Hall–Kier alpha value is -6.24. The fourth-order valence-corrected chi connectivity index (χ4v) is 7.61. The molecule has 0 aliphatic rings. The van der Waals surface area contributed by atoms with Crippen molar-refractivity contribution >= 4 is 0 Å². The molecule has 0 heterocycles. The van der Waals surface area contributed by atoms with Crippen molar-refractivity contribution in [3.05, 3.63) is 283 Å². The highest BCUT2D eigenvalue weighted by Crippen LogP contribution is 2.19. The Bertz CT molecular complexity index is 2140. The average molecular weight is 1070 g/mol. The largest absolute Gasteiger partial charge is 0.0590 e. The first-order chi connectivity index (χ1) is 37.6. The van der Waals surface area contributed by atoms with E-state index < -0.39 is 0 Å². The molecule has 0 fully saturated rings. The molecule has 0 atom stereocenters. The number of hydrogen-bond acceptors (Lipinski definition) is 0. The molecule has 8 rings (SSSR count). The first kappa shape index (κ1) is 71.8. The van der Waals surface area contributed by atoms with E-state index in [1.54, 1.807) is 0 Å². The normalized spacial score (nSPS) is 10.4. The summed E-state index contributed by atoms with van der Waals surface area (Å²) in [4.78, 5) is 0. The predicted octanol–water partition coefficient (Wildman–Crippen LogP) is 24.9. The van der Waals surface area contributed by atoms with E-state index >= 15 is 0 Å². The lowest BCUT2D eigenvalue weighted by Crippen LogP contribution is -1.85. The van der Waals surface area contributed by atoms with Gasteiger partial charge in [0.1, 0.15) is 0 Å². The Kier molecular flexibility index (Phi) is 35.2. The van der Waals surface area contributed by atoms with Gasteiger partial charge in [0.15, 0.2) is 0 Å². The second kappa shape index (κ2) is 39.2. The van der Waals surface area contributed by atoms with Gasteiger partial charge in [0.2, 0.25) is 0 Å². The number of benzene rings is 8. The molecule has 432 valence electrons. The van der Waals surface area contributed by atoms with Gasteiger partial charge in [-0.15, -0.1) is 0 Å². The third kappa shape index (κ3) is 32.1. The van der Waals surface area contributed by atoms with Crippen LogP contribution in [-0.2, 0) is 0 Å². The van der Waals surface area contributed by atoms with Crippen LogP contribution in [0.4, 0.5) is 0 Å². The lowest BCUT2D eigenvalue weighted by atomic mass is 10.0. The van der Waals surface area contributed by atoms with Crippen molar-refractivity contribution < 1.29 is 0 Å². The Labute approximate surface area is 494 Å². The van der Waals surface area contributed by atoms with Gasteiger partial charge in [-0.25, -0.2) is 0 Å². The predicted molar refractivity (Wildman–Crippen MR) is 362 cm³/mol. The van der Waals surface area contributed by atoms with Crippen LogP contribution in [0.5, 0.6) is 0 Å². The van der Waals surface area contributed by atoms with Crippen molar-refractivity contribution in [3.8, 4) is 0 Å². The Morgan fingerprint density at radius 2 is 0.188 bits per heavy atom. The first-order valence-corrected chi connectivity index (χ1v) is 30.1. The zero-order chi connectivity index (χ0) is 60.5. The zero-order valence-electron chi connectivity index (χ0n) is 55.1. The van der Waals surface area contributed by atoms with E-state index in [4.69, 9.17) is 0 Å². The molecule has 0 heteroatoms. The van der Waals surface area contributed by atoms with E-state index in [1.165, 1.54) is 89.0 Å². The van der Waals surface area contributed by atoms with Gasteiger partial charge in [0, 0.05) is 0 Å². The Morgan fingerprint density at radius 1 is 0.125 bits per heavy atom. The Morgan fingerprint density at radius 3 is 0.237 bits per heavy atom. The third-order valence-electron chi connectivity index (χ3n) is 14.0. The van der Waals surface area contributed by atoms with Crippen LogP contribution in [0.15, 0.2) is 194 Å². The highest BCUT2D eigenvalue weighted by molar-refractivity contribution is 5.29. The average Bonchev–Trinajstić information content (AvgIpc) is 3.41. The van der Waals surface area contributed by atoms with E-state index in [2.05, 4.69) is 360 Å². The van der Waals surface area contributed by atoms with E-state index in [0.717, 1.165) is 0 Å². The van der Waals surface area contributed by atoms with Gasteiger partial charge in [-0.2, -0.15) is 0 Å². The second-order valence-corrected chi connectivity index (χ2v) is 24.5. The molecule has 80 heavy (non-hydrogen) atoms. The summed E-state index contributed by atoms with van der Waals surface area (Å²) in [6, 6.07) is 69.7. The summed E-state index contributed by atoms with van der Waals surface area (Å²) in [5, 5.41) is 0. The van der Waals surface area contributed by atoms with Crippen LogP contribution in [-0.4, -0.2) is 0 Å². The summed E-state index contributed by atoms with van der Waals surface area (Å²) in [6.45, 7) is 52.3. The molecule has 0 amide bonds. The molecular weight excluding hydrogens is 961 g/mol. The second-order valence-electron chi connectivity index (χ2n) is 24.5. The molecule has 0 aromatic heterocycles. The van der Waals surface area contributed by atoms with Crippen LogP contribution in [0.25, 0.3) is 0 Å². The summed E-state index contributed by atoms with van der Waals surface area (Å²) in [5.74, 6) is 5.23. The van der Waals surface area contributed by atoms with Gasteiger partial charge in [-0.05, 0) is 147 Å². The van der Waals surface area contributed by atoms with Crippen molar-refractivity contribution in [1.29, 1.82) is 0 Å². The van der Waals surface area contributed by atoms with E-state index in [0.29, 0.717) is 47.3 Å². The molecule has 8 aromatic rings. The van der Waals surface area contributed by atoms with E-state index in [9.17, 15) is 0 Å².